The van der Waals surface area contributed by atoms with Gasteiger partial charge < -0.3 is 23.7 Å². The van der Waals surface area contributed by atoms with Gasteiger partial charge in [0.1, 0.15) is 6.61 Å². The van der Waals surface area contributed by atoms with E-state index < -0.39 is 12.0 Å². The predicted octanol–water partition coefficient (Wildman–Crippen LogP) is 5.66. The van der Waals surface area contributed by atoms with E-state index in [0.29, 0.717) is 60.3 Å². The van der Waals surface area contributed by atoms with Gasteiger partial charge >= 0.3 is 5.97 Å². The number of methoxy groups -OCH3 is 2. The van der Waals surface area contributed by atoms with Crippen molar-refractivity contribution < 1.29 is 28.5 Å². The smallest absolute Gasteiger partial charge is 0.338 e. The number of nitrogens with zero attached hydrogens (tertiary/aromatic N) is 3. The van der Waals surface area contributed by atoms with Crippen LogP contribution in [0, 0.1) is 14.9 Å². The molecule has 0 fully saturated rings. The number of hydrogen-bond acceptors (Lipinski definition) is 10. The number of hydrogen-bond donors (Lipinski definition) is 0. The minimum Gasteiger partial charge on any atom is -0.493 e. The van der Waals surface area contributed by atoms with E-state index in [1.165, 1.54) is 15.9 Å². The van der Waals surface area contributed by atoms with E-state index in [1.807, 2.05) is 44.2 Å². The molecule has 12 heteroatoms. The first-order chi connectivity index (χ1) is 23.1. The minimum atomic E-state index is -0.840. The molecule has 0 saturated heterocycles. The molecule has 1 atom stereocenters. The van der Waals surface area contributed by atoms with Crippen molar-refractivity contribution in [1.29, 1.82) is 5.26 Å². The van der Waals surface area contributed by atoms with Gasteiger partial charge in [0, 0.05) is 14.7 Å². The van der Waals surface area contributed by atoms with Gasteiger partial charge in [0.25, 0.3) is 5.56 Å². The maximum absolute atomic E-state index is 14.4. The fourth-order valence-electron chi connectivity index (χ4n) is 5.36. The number of carbonyl (C=O) groups is 1. The van der Waals surface area contributed by atoms with Crippen LogP contribution in [-0.2, 0) is 16.1 Å². The average molecular weight is 780 g/mol. The lowest BCUT2D eigenvalue weighted by molar-refractivity contribution is -0.139. The lowest BCUT2D eigenvalue weighted by atomic mass is 9.95. The third-order valence-corrected chi connectivity index (χ3v) is 9.05. The molecule has 48 heavy (non-hydrogen) atoms. The SMILES string of the molecule is CCOC(=O)C1=C(C)N=c2s/c(=C/c3cc(I)cc(OC)c3OCc3ccccc3C#N)c(=O)n2[C@H]1c1ccc(OC(C)C)c(OC)c1. The Morgan fingerprint density at radius 3 is 2.54 bits per heavy atom. The van der Waals surface area contributed by atoms with Gasteiger partial charge in [0.15, 0.2) is 27.8 Å². The van der Waals surface area contributed by atoms with E-state index in [1.54, 1.807) is 58.4 Å². The van der Waals surface area contributed by atoms with Gasteiger partial charge in [-0.2, -0.15) is 5.26 Å². The van der Waals surface area contributed by atoms with Crippen LogP contribution >= 0.6 is 33.9 Å². The summed E-state index contributed by atoms with van der Waals surface area (Å²) in [6, 6.07) is 17.6. The Kier molecular flexibility index (Phi) is 10.9. The third kappa shape index (κ3) is 7.12. The number of carbonyl (C=O) groups excluding carboxylic acids is 1. The van der Waals surface area contributed by atoms with Crippen LogP contribution in [0.4, 0.5) is 0 Å². The quantitative estimate of drug-likeness (QED) is 0.141. The Hall–Kier alpha value is -4.61. The summed E-state index contributed by atoms with van der Waals surface area (Å²) < 4.78 is 31.7. The van der Waals surface area contributed by atoms with Crippen molar-refractivity contribution in [3.8, 4) is 29.1 Å². The molecule has 0 saturated carbocycles. The molecule has 248 valence electrons. The van der Waals surface area contributed by atoms with Gasteiger partial charge in [-0.1, -0.05) is 35.6 Å². The largest absolute Gasteiger partial charge is 0.493 e. The minimum absolute atomic E-state index is 0.0886. The standard InChI is InChI=1S/C36H34IN3O7S/c1-7-45-35(42)31-21(4)39-36-40(32(31)22-12-13-27(47-20(2)3)28(15-22)43-5)34(41)30(48-36)16-25-14-26(37)17-29(44-6)33(25)46-19-24-11-9-8-10-23(24)18-38/h8-17,20,32H,7,19H2,1-6H3/b30-16+/t32-/m0/s1. The van der Waals surface area contributed by atoms with E-state index >= 15 is 0 Å². The highest BCUT2D eigenvalue weighted by molar-refractivity contribution is 14.1. The first kappa shape index (κ1) is 34.7. The fraction of sp³-hybridized carbons (Fsp3) is 0.278. The van der Waals surface area contributed by atoms with Crippen LogP contribution in [0.25, 0.3) is 6.08 Å². The summed E-state index contributed by atoms with van der Waals surface area (Å²) in [5, 5.41) is 9.57. The zero-order valence-corrected chi connectivity index (χ0v) is 30.3. The second-order valence-corrected chi connectivity index (χ2v) is 13.2. The van der Waals surface area contributed by atoms with Crippen LogP contribution in [0.5, 0.6) is 23.0 Å². The van der Waals surface area contributed by atoms with Gasteiger partial charge in [0.2, 0.25) is 0 Å². The highest BCUT2D eigenvalue weighted by atomic mass is 127. The summed E-state index contributed by atoms with van der Waals surface area (Å²) >= 11 is 3.38. The Morgan fingerprint density at radius 1 is 1.10 bits per heavy atom. The maximum Gasteiger partial charge on any atom is 0.338 e. The van der Waals surface area contributed by atoms with Crippen LogP contribution in [-0.4, -0.2) is 37.5 Å². The number of benzene rings is 3. The Balaban J connectivity index is 1.68. The molecule has 0 unspecified atom stereocenters. The molecule has 2 heterocycles. The van der Waals surface area contributed by atoms with Crippen molar-refractivity contribution in [3.05, 3.63) is 111 Å². The molecule has 0 amide bonds. The topological polar surface area (TPSA) is 121 Å². The Bertz CT molecular complexity index is 2130. The molecule has 1 aromatic heterocycles. The van der Waals surface area contributed by atoms with Gasteiger partial charge in [-0.05, 0) is 92.3 Å². The molecule has 10 nitrogen and oxygen atoms in total. The van der Waals surface area contributed by atoms with E-state index in [9.17, 15) is 14.9 Å². The molecule has 0 aliphatic carbocycles. The number of ether oxygens (including phenoxy) is 5. The number of esters is 1. The third-order valence-electron chi connectivity index (χ3n) is 7.45. The predicted molar refractivity (Wildman–Crippen MR) is 190 cm³/mol. The molecule has 1 aliphatic heterocycles. The summed E-state index contributed by atoms with van der Waals surface area (Å²) in [4.78, 5) is 32.9. The second-order valence-electron chi connectivity index (χ2n) is 11.0. The second kappa shape index (κ2) is 15.1. The molecule has 0 N–H and O–H groups in total. The van der Waals surface area contributed by atoms with Gasteiger partial charge in [-0.25, -0.2) is 9.79 Å². The van der Waals surface area contributed by atoms with Crippen LogP contribution < -0.4 is 33.8 Å². The molecular weight excluding hydrogens is 745 g/mol. The normalized spacial score (nSPS) is 14.2. The Morgan fingerprint density at radius 2 is 1.85 bits per heavy atom. The highest BCUT2D eigenvalue weighted by Gasteiger charge is 2.34. The van der Waals surface area contributed by atoms with Gasteiger partial charge in [-0.3, -0.25) is 9.36 Å². The number of nitriles is 1. The van der Waals surface area contributed by atoms with Crippen molar-refractivity contribution >= 4 is 46.0 Å². The zero-order chi connectivity index (χ0) is 34.5. The van der Waals surface area contributed by atoms with E-state index in [0.717, 1.165) is 3.57 Å². The summed E-state index contributed by atoms with van der Waals surface area (Å²) in [7, 11) is 3.09. The van der Waals surface area contributed by atoms with Crippen LogP contribution in [0.3, 0.4) is 0 Å². The van der Waals surface area contributed by atoms with Crippen molar-refractivity contribution in [2.75, 3.05) is 20.8 Å². The molecule has 0 spiro atoms. The first-order valence-corrected chi connectivity index (χ1v) is 17.0. The average Bonchev–Trinajstić information content (AvgIpc) is 3.37. The summed E-state index contributed by atoms with van der Waals surface area (Å²) in [6.45, 7) is 7.57. The molecule has 1 aliphatic rings. The molecular formula is C36H34IN3O7S. The summed E-state index contributed by atoms with van der Waals surface area (Å²) in [6.07, 6.45) is 1.65. The van der Waals surface area contributed by atoms with Crippen molar-refractivity contribution in [1.82, 2.24) is 4.57 Å². The maximum atomic E-state index is 14.4. The molecule has 3 aromatic carbocycles. The van der Waals surface area contributed by atoms with Gasteiger partial charge in [0.05, 0.1) is 60.4 Å². The summed E-state index contributed by atoms with van der Waals surface area (Å²) in [5.74, 6) is 1.34. The van der Waals surface area contributed by atoms with Crippen molar-refractivity contribution in [2.24, 2.45) is 4.99 Å². The molecule has 5 rings (SSSR count). The Labute approximate surface area is 295 Å². The zero-order valence-electron chi connectivity index (χ0n) is 27.3. The number of thiazole rings is 1. The molecule has 0 bridgehead atoms. The van der Waals surface area contributed by atoms with Gasteiger partial charge in [-0.15, -0.1) is 0 Å². The first-order valence-electron chi connectivity index (χ1n) is 15.1. The number of halogens is 1. The van der Waals surface area contributed by atoms with Crippen LogP contribution in [0.2, 0.25) is 0 Å². The summed E-state index contributed by atoms with van der Waals surface area (Å²) in [5.41, 5.74) is 2.81. The highest BCUT2D eigenvalue weighted by Crippen LogP contribution is 2.37. The van der Waals surface area contributed by atoms with E-state index in [-0.39, 0.29) is 30.5 Å². The lowest BCUT2D eigenvalue weighted by Gasteiger charge is -2.25. The number of rotatable bonds is 11. The molecule has 0 radical (unpaired) electrons. The van der Waals surface area contributed by atoms with E-state index in [2.05, 4.69) is 28.7 Å². The van der Waals surface area contributed by atoms with Crippen molar-refractivity contribution in [2.45, 2.75) is 46.4 Å². The monoisotopic (exact) mass is 779 g/mol. The number of allylic oxidation sites excluding steroid dienone is 1. The lowest BCUT2D eigenvalue weighted by Crippen LogP contribution is -2.40. The number of fused-ring (bicyclic) bond motifs is 1. The van der Waals surface area contributed by atoms with Crippen molar-refractivity contribution in [3.63, 3.8) is 0 Å². The van der Waals surface area contributed by atoms with Crippen LogP contribution in [0.1, 0.15) is 56.0 Å². The van der Waals surface area contributed by atoms with E-state index in [4.69, 9.17) is 28.7 Å². The van der Waals surface area contributed by atoms with Crippen LogP contribution in [0.15, 0.2) is 75.7 Å². The molecule has 4 aromatic rings. The fourth-order valence-corrected chi connectivity index (χ4v) is 7.02. The number of aromatic nitrogens is 1.